The van der Waals surface area contributed by atoms with Gasteiger partial charge in [-0.3, -0.25) is 0 Å². The lowest BCUT2D eigenvalue weighted by atomic mass is 10.1. The predicted octanol–water partition coefficient (Wildman–Crippen LogP) is 4.29. The Kier molecular flexibility index (Phi) is 5.77. The van der Waals surface area contributed by atoms with E-state index in [9.17, 15) is 0 Å². The van der Waals surface area contributed by atoms with Crippen LogP contribution in [0.25, 0.3) is 10.9 Å². The smallest absolute Gasteiger partial charge is 0.120 e. The van der Waals surface area contributed by atoms with Gasteiger partial charge in [-0.2, -0.15) is 0 Å². The number of rotatable bonds is 7. The molecule has 0 saturated heterocycles. The summed E-state index contributed by atoms with van der Waals surface area (Å²) in [4.78, 5) is 3.49. The first kappa shape index (κ1) is 17.1. The van der Waals surface area contributed by atoms with Crippen molar-refractivity contribution in [2.24, 2.45) is 0 Å². The molecule has 1 heterocycles. The number of ether oxygens (including phenoxy) is 1. The molecule has 0 saturated carbocycles. The molecule has 0 spiro atoms. The zero-order chi connectivity index (χ0) is 17.5. The molecule has 0 radical (unpaired) electrons. The molecule has 3 rings (SSSR count). The summed E-state index contributed by atoms with van der Waals surface area (Å²) in [5.74, 6) is 6.84. The second-order valence-electron chi connectivity index (χ2n) is 6.23. The number of benzene rings is 2. The topological polar surface area (TPSA) is 37.0 Å². The molecular weight excluding hydrogens is 308 g/mol. The van der Waals surface area contributed by atoms with Gasteiger partial charge in [0.05, 0.1) is 6.54 Å². The van der Waals surface area contributed by atoms with Gasteiger partial charge < -0.3 is 15.0 Å². The van der Waals surface area contributed by atoms with Crippen LogP contribution >= 0.6 is 0 Å². The molecule has 2 aromatic carbocycles. The summed E-state index contributed by atoms with van der Waals surface area (Å²) in [6, 6.07) is 19.0. The molecule has 0 aliphatic rings. The lowest BCUT2D eigenvalue weighted by molar-refractivity contribution is 0.306. The van der Waals surface area contributed by atoms with Gasteiger partial charge in [-0.15, -0.1) is 5.92 Å². The van der Waals surface area contributed by atoms with Crippen LogP contribution in [0.4, 0.5) is 0 Å². The number of hydrogen-bond donors (Lipinski definition) is 2. The second kappa shape index (κ2) is 8.41. The highest BCUT2D eigenvalue weighted by molar-refractivity contribution is 5.81. The minimum atomic E-state index is 0.378. The lowest BCUT2D eigenvalue weighted by Crippen LogP contribution is -2.28. The normalized spacial score (nSPS) is 11.8. The molecule has 3 heteroatoms. The molecule has 1 atom stereocenters. The fourth-order valence-corrected chi connectivity index (χ4v) is 2.83. The Morgan fingerprint density at radius 2 is 1.96 bits per heavy atom. The molecule has 0 aliphatic heterocycles. The third-order valence-corrected chi connectivity index (χ3v) is 4.14. The van der Waals surface area contributed by atoms with Crippen LogP contribution < -0.4 is 10.1 Å². The molecule has 1 unspecified atom stereocenters. The van der Waals surface area contributed by atoms with E-state index < -0.39 is 0 Å². The molecule has 0 fully saturated rings. The molecule has 3 nitrogen and oxygen atoms in total. The van der Waals surface area contributed by atoms with E-state index in [-0.39, 0.29) is 0 Å². The molecule has 1 aromatic heterocycles. The highest BCUT2D eigenvalue weighted by Crippen LogP contribution is 2.23. The van der Waals surface area contributed by atoms with Crippen molar-refractivity contribution in [3.63, 3.8) is 0 Å². The Morgan fingerprint density at radius 1 is 1.12 bits per heavy atom. The van der Waals surface area contributed by atoms with E-state index in [4.69, 9.17) is 4.74 Å². The molecule has 3 aromatic rings. The number of hydrogen-bond acceptors (Lipinski definition) is 2. The largest absolute Gasteiger partial charge is 0.489 e. The van der Waals surface area contributed by atoms with E-state index in [1.54, 1.807) is 0 Å². The summed E-state index contributed by atoms with van der Waals surface area (Å²) < 4.78 is 5.91. The van der Waals surface area contributed by atoms with Crippen LogP contribution in [0.5, 0.6) is 5.75 Å². The van der Waals surface area contributed by atoms with Crippen molar-refractivity contribution in [3.05, 3.63) is 65.9 Å². The van der Waals surface area contributed by atoms with Gasteiger partial charge in [0, 0.05) is 29.1 Å². The number of aromatic amines is 1. The van der Waals surface area contributed by atoms with Crippen molar-refractivity contribution in [1.82, 2.24) is 10.3 Å². The van der Waals surface area contributed by atoms with Crippen LogP contribution in [0.1, 0.15) is 25.1 Å². The third kappa shape index (κ3) is 4.89. The highest BCUT2D eigenvalue weighted by atomic mass is 16.5. The Hall–Kier alpha value is -2.70. The van der Waals surface area contributed by atoms with Gasteiger partial charge in [0.2, 0.25) is 0 Å². The molecule has 0 amide bonds. The van der Waals surface area contributed by atoms with Gasteiger partial charge in [0.1, 0.15) is 12.4 Å². The Balaban J connectivity index is 1.63. The van der Waals surface area contributed by atoms with E-state index >= 15 is 0 Å². The maximum Gasteiger partial charge on any atom is 0.120 e. The maximum absolute atomic E-state index is 5.91. The number of H-pyrrole nitrogens is 1. The van der Waals surface area contributed by atoms with E-state index in [1.165, 1.54) is 16.6 Å². The first-order chi connectivity index (χ1) is 12.2. The van der Waals surface area contributed by atoms with E-state index in [0.29, 0.717) is 12.6 Å². The van der Waals surface area contributed by atoms with Crippen molar-refractivity contribution < 1.29 is 4.74 Å². The third-order valence-electron chi connectivity index (χ3n) is 4.14. The number of aromatic nitrogens is 1. The number of fused-ring (bicyclic) bond motifs is 1. The van der Waals surface area contributed by atoms with Crippen LogP contribution in [0, 0.1) is 11.8 Å². The SMILES string of the molecule is CC#CCNC(C)Cc1cc2cc(OCc3ccccc3)ccc2[nH]1. The van der Waals surface area contributed by atoms with Crippen LogP contribution in [0.3, 0.4) is 0 Å². The summed E-state index contributed by atoms with van der Waals surface area (Å²) >= 11 is 0. The first-order valence-electron chi connectivity index (χ1n) is 8.66. The minimum Gasteiger partial charge on any atom is -0.489 e. The Bertz CT molecular complexity index is 871. The highest BCUT2D eigenvalue weighted by Gasteiger charge is 2.07. The fraction of sp³-hybridized carbons (Fsp3) is 0.273. The van der Waals surface area contributed by atoms with Crippen LogP contribution in [-0.2, 0) is 13.0 Å². The first-order valence-corrected chi connectivity index (χ1v) is 8.66. The average Bonchev–Trinajstić information content (AvgIpc) is 3.02. The maximum atomic E-state index is 5.91. The van der Waals surface area contributed by atoms with Gasteiger partial charge in [-0.1, -0.05) is 36.3 Å². The zero-order valence-corrected chi connectivity index (χ0v) is 14.8. The Morgan fingerprint density at radius 3 is 2.76 bits per heavy atom. The summed E-state index contributed by atoms with van der Waals surface area (Å²) in [6.45, 7) is 5.36. The zero-order valence-electron chi connectivity index (χ0n) is 14.8. The van der Waals surface area contributed by atoms with Crippen molar-refractivity contribution >= 4 is 10.9 Å². The van der Waals surface area contributed by atoms with Gasteiger partial charge >= 0.3 is 0 Å². The van der Waals surface area contributed by atoms with E-state index in [1.807, 2.05) is 31.2 Å². The van der Waals surface area contributed by atoms with E-state index in [2.05, 4.69) is 59.4 Å². The van der Waals surface area contributed by atoms with Crippen LogP contribution in [0.15, 0.2) is 54.6 Å². The minimum absolute atomic E-state index is 0.378. The van der Waals surface area contributed by atoms with E-state index in [0.717, 1.165) is 24.2 Å². The van der Waals surface area contributed by atoms with Crippen molar-refractivity contribution in [3.8, 4) is 17.6 Å². The summed E-state index contributed by atoms with van der Waals surface area (Å²) in [5, 5.41) is 4.59. The van der Waals surface area contributed by atoms with Gasteiger partial charge in [-0.05, 0) is 43.7 Å². The summed E-state index contributed by atoms with van der Waals surface area (Å²) in [5.41, 5.74) is 3.54. The summed E-state index contributed by atoms with van der Waals surface area (Å²) in [7, 11) is 0. The van der Waals surface area contributed by atoms with Crippen molar-refractivity contribution in [1.29, 1.82) is 0 Å². The monoisotopic (exact) mass is 332 g/mol. The summed E-state index contributed by atoms with van der Waals surface area (Å²) in [6.07, 6.45) is 0.945. The molecule has 128 valence electrons. The van der Waals surface area contributed by atoms with Gasteiger partial charge in [0.15, 0.2) is 0 Å². The molecule has 2 N–H and O–H groups in total. The van der Waals surface area contributed by atoms with Gasteiger partial charge in [-0.25, -0.2) is 0 Å². The van der Waals surface area contributed by atoms with Gasteiger partial charge in [0.25, 0.3) is 0 Å². The number of nitrogens with one attached hydrogen (secondary N) is 2. The Labute approximate surface area is 149 Å². The van der Waals surface area contributed by atoms with Crippen molar-refractivity contribution in [2.75, 3.05) is 6.54 Å². The molecule has 25 heavy (non-hydrogen) atoms. The fourth-order valence-electron chi connectivity index (χ4n) is 2.83. The molecular formula is C22H24N2O. The lowest BCUT2D eigenvalue weighted by Gasteiger charge is -2.09. The van der Waals surface area contributed by atoms with Crippen molar-refractivity contribution in [2.45, 2.75) is 32.9 Å². The van der Waals surface area contributed by atoms with Crippen LogP contribution in [-0.4, -0.2) is 17.6 Å². The molecule has 0 bridgehead atoms. The second-order valence-corrected chi connectivity index (χ2v) is 6.23. The average molecular weight is 332 g/mol. The predicted molar refractivity (Wildman–Crippen MR) is 104 cm³/mol. The molecule has 0 aliphatic carbocycles. The van der Waals surface area contributed by atoms with Crippen LogP contribution in [0.2, 0.25) is 0 Å². The standard InChI is InChI=1S/C22H24N2O/c1-3-4-12-23-17(2)13-20-14-19-15-21(10-11-22(19)24-20)25-16-18-8-6-5-7-9-18/h5-11,14-15,17,23-24H,12-13,16H2,1-2H3. The quantitative estimate of drug-likeness (QED) is 0.633.